The van der Waals surface area contributed by atoms with Gasteiger partial charge in [-0.25, -0.2) is 0 Å². The fraction of sp³-hybridized carbons (Fsp3) is 0.133. The molecular weight excluding hydrogens is 295 g/mol. The Bertz CT molecular complexity index is 615. The van der Waals surface area contributed by atoms with E-state index in [4.69, 9.17) is 23.2 Å². The van der Waals surface area contributed by atoms with Crippen LogP contribution in [0.2, 0.25) is 10.0 Å². The van der Waals surface area contributed by atoms with E-state index in [0.29, 0.717) is 15.7 Å². The van der Waals surface area contributed by atoms with E-state index in [-0.39, 0.29) is 12.5 Å². The molecule has 0 saturated heterocycles. The number of hydrogen-bond acceptors (Lipinski definition) is 2. The van der Waals surface area contributed by atoms with Gasteiger partial charge in [-0.3, -0.25) is 4.79 Å². The van der Waals surface area contributed by atoms with Gasteiger partial charge in [0, 0.05) is 10.7 Å². The Morgan fingerprint density at radius 3 is 2.50 bits per heavy atom. The lowest BCUT2D eigenvalue weighted by atomic mass is 10.2. The van der Waals surface area contributed by atoms with Crippen molar-refractivity contribution in [3.63, 3.8) is 0 Å². The molecule has 104 valence electrons. The number of para-hydroxylation sites is 1. The lowest BCUT2D eigenvalue weighted by molar-refractivity contribution is -0.114. The van der Waals surface area contributed by atoms with Gasteiger partial charge in [-0.05, 0) is 36.8 Å². The predicted octanol–water partition coefficient (Wildman–Crippen LogP) is 4.35. The summed E-state index contributed by atoms with van der Waals surface area (Å²) in [5, 5.41) is 6.79. The number of halogens is 2. The molecule has 2 N–H and O–H groups in total. The molecule has 3 nitrogen and oxygen atoms in total. The van der Waals surface area contributed by atoms with Gasteiger partial charge >= 0.3 is 0 Å². The minimum Gasteiger partial charge on any atom is -0.376 e. The van der Waals surface area contributed by atoms with Gasteiger partial charge in [0.05, 0.1) is 17.3 Å². The molecule has 0 unspecified atom stereocenters. The Balaban J connectivity index is 1.97. The van der Waals surface area contributed by atoms with Crippen LogP contribution in [0.1, 0.15) is 5.56 Å². The number of amides is 1. The third kappa shape index (κ3) is 3.89. The first-order chi connectivity index (χ1) is 9.56. The standard InChI is InChI=1S/C15H14Cl2N2O/c1-10-7-13(17)14(8-12(10)16)19-15(20)9-18-11-5-3-2-4-6-11/h2-8,18H,9H2,1H3,(H,19,20). The highest BCUT2D eigenvalue weighted by molar-refractivity contribution is 6.36. The molecule has 0 spiro atoms. The van der Waals surface area contributed by atoms with Crippen LogP contribution in [0.15, 0.2) is 42.5 Å². The van der Waals surface area contributed by atoms with Gasteiger partial charge < -0.3 is 10.6 Å². The monoisotopic (exact) mass is 308 g/mol. The minimum atomic E-state index is -0.185. The summed E-state index contributed by atoms with van der Waals surface area (Å²) in [6.45, 7) is 2.02. The SMILES string of the molecule is Cc1cc(Cl)c(NC(=O)CNc2ccccc2)cc1Cl. The molecule has 0 saturated carbocycles. The van der Waals surface area contributed by atoms with Crippen molar-refractivity contribution >= 4 is 40.5 Å². The Morgan fingerprint density at radius 2 is 1.80 bits per heavy atom. The Labute approximate surface area is 127 Å². The highest BCUT2D eigenvalue weighted by atomic mass is 35.5. The van der Waals surface area contributed by atoms with Crippen LogP contribution >= 0.6 is 23.2 Å². The Kier molecular flexibility index (Phi) is 4.88. The van der Waals surface area contributed by atoms with E-state index in [2.05, 4.69) is 10.6 Å². The summed E-state index contributed by atoms with van der Waals surface area (Å²) in [4.78, 5) is 11.9. The van der Waals surface area contributed by atoms with Crippen molar-refractivity contribution in [1.29, 1.82) is 0 Å². The van der Waals surface area contributed by atoms with Crippen molar-refractivity contribution in [2.24, 2.45) is 0 Å². The molecular formula is C15H14Cl2N2O. The molecule has 2 aromatic carbocycles. The maximum absolute atomic E-state index is 11.9. The molecule has 0 radical (unpaired) electrons. The van der Waals surface area contributed by atoms with E-state index in [0.717, 1.165) is 11.3 Å². The molecule has 0 atom stereocenters. The number of anilines is 2. The first kappa shape index (κ1) is 14.7. The highest BCUT2D eigenvalue weighted by Gasteiger charge is 2.08. The second-order valence-electron chi connectivity index (χ2n) is 4.35. The fourth-order valence-electron chi connectivity index (χ4n) is 1.67. The molecule has 0 aliphatic carbocycles. The second-order valence-corrected chi connectivity index (χ2v) is 5.16. The van der Waals surface area contributed by atoms with Gasteiger partial charge in [0.25, 0.3) is 0 Å². The number of nitrogens with one attached hydrogen (secondary N) is 2. The molecule has 0 aromatic heterocycles. The maximum Gasteiger partial charge on any atom is 0.243 e. The number of carbonyl (C=O) groups excluding carboxylic acids is 1. The summed E-state index contributed by atoms with van der Waals surface area (Å²) < 4.78 is 0. The van der Waals surface area contributed by atoms with Crippen molar-refractivity contribution in [1.82, 2.24) is 0 Å². The zero-order valence-corrected chi connectivity index (χ0v) is 12.4. The van der Waals surface area contributed by atoms with Crippen LogP contribution in [-0.2, 0) is 4.79 Å². The smallest absolute Gasteiger partial charge is 0.243 e. The van der Waals surface area contributed by atoms with Crippen LogP contribution < -0.4 is 10.6 Å². The third-order valence-corrected chi connectivity index (χ3v) is 3.47. The molecule has 0 fully saturated rings. The first-order valence-electron chi connectivity index (χ1n) is 6.10. The molecule has 5 heteroatoms. The second kappa shape index (κ2) is 6.64. The summed E-state index contributed by atoms with van der Waals surface area (Å²) in [6.07, 6.45) is 0. The van der Waals surface area contributed by atoms with Gasteiger partial charge in [-0.15, -0.1) is 0 Å². The van der Waals surface area contributed by atoms with Crippen LogP contribution in [0.4, 0.5) is 11.4 Å². The van der Waals surface area contributed by atoms with E-state index in [1.165, 1.54) is 0 Å². The molecule has 2 rings (SSSR count). The lowest BCUT2D eigenvalue weighted by Crippen LogP contribution is -2.21. The van der Waals surface area contributed by atoms with Gasteiger partial charge in [-0.2, -0.15) is 0 Å². The minimum absolute atomic E-state index is 0.159. The molecule has 0 aliphatic heterocycles. The Hall–Kier alpha value is -1.71. The fourth-order valence-corrected chi connectivity index (χ4v) is 2.10. The van der Waals surface area contributed by atoms with Crippen LogP contribution in [0.25, 0.3) is 0 Å². The topological polar surface area (TPSA) is 41.1 Å². The van der Waals surface area contributed by atoms with E-state index >= 15 is 0 Å². The summed E-state index contributed by atoms with van der Waals surface area (Å²) in [6, 6.07) is 12.9. The number of hydrogen-bond donors (Lipinski definition) is 2. The molecule has 2 aromatic rings. The van der Waals surface area contributed by atoms with E-state index in [9.17, 15) is 4.79 Å². The zero-order chi connectivity index (χ0) is 14.5. The first-order valence-corrected chi connectivity index (χ1v) is 6.86. The summed E-state index contributed by atoms with van der Waals surface area (Å²) in [5.74, 6) is -0.185. The van der Waals surface area contributed by atoms with Crippen LogP contribution in [0, 0.1) is 6.92 Å². The van der Waals surface area contributed by atoms with Crippen molar-refractivity contribution in [2.75, 3.05) is 17.2 Å². The van der Waals surface area contributed by atoms with Crippen molar-refractivity contribution in [2.45, 2.75) is 6.92 Å². The lowest BCUT2D eigenvalue weighted by Gasteiger charge is -2.10. The van der Waals surface area contributed by atoms with Crippen molar-refractivity contribution in [3.05, 3.63) is 58.1 Å². The van der Waals surface area contributed by atoms with Crippen LogP contribution in [-0.4, -0.2) is 12.5 Å². The van der Waals surface area contributed by atoms with Gasteiger partial charge in [0.2, 0.25) is 5.91 Å². The van der Waals surface area contributed by atoms with E-state index in [1.807, 2.05) is 37.3 Å². The molecule has 0 bridgehead atoms. The number of benzene rings is 2. The number of aryl methyl sites for hydroxylation is 1. The number of carbonyl (C=O) groups is 1. The van der Waals surface area contributed by atoms with Crippen molar-refractivity contribution < 1.29 is 4.79 Å². The average molecular weight is 309 g/mol. The van der Waals surface area contributed by atoms with Crippen molar-refractivity contribution in [3.8, 4) is 0 Å². The van der Waals surface area contributed by atoms with Crippen LogP contribution in [0.3, 0.4) is 0 Å². The number of rotatable bonds is 4. The zero-order valence-electron chi connectivity index (χ0n) is 10.9. The maximum atomic E-state index is 11.9. The third-order valence-electron chi connectivity index (χ3n) is 2.75. The molecule has 1 amide bonds. The van der Waals surface area contributed by atoms with Crippen LogP contribution in [0.5, 0.6) is 0 Å². The largest absolute Gasteiger partial charge is 0.376 e. The summed E-state index contributed by atoms with van der Waals surface area (Å²) >= 11 is 12.1. The highest BCUT2D eigenvalue weighted by Crippen LogP contribution is 2.28. The normalized spacial score (nSPS) is 10.2. The van der Waals surface area contributed by atoms with E-state index < -0.39 is 0 Å². The van der Waals surface area contributed by atoms with E-state index in [1.54, 1.807) is 12.1 Å². The quantitative estimate of drug-likeness (QED) is 0.881. The summed E-state index contributed by atoms with van der Waals surface area (Å²) in [7, 11) is 0. The molecule has 20 heavy (non-hydrogen) atoms. The Morgan fingerprint density at radius 1 is 1.10 bits per heavy atom. The predicted molar refractivity (Wildman–Crippen MR) is 84.8 cm³/mol. The van der Waals surface area contributed by atoms with Gasteiger partial charge in [0.15, 0.2) is 0 Å². The molecule has 0 heterocycles. The van der Waals surface area contributed by atoms with Gasteiger partial charge in [0.1, 0.15) is 0 Å². The molecule has 0 aliphatic rings. The van der Waals surface area contributed by atoms with Gasteiger partial charge in [-0.1, -0.05) is 41.4 Å². The summed E-state index contributed by atoms with van der Waals surface area (Å²) in [5.41, 5.74) is 2.27. The average Bonchev–Trinajstić information content (AvgIpc) is 2.44.